The molecule has 0 aromatic heterocycles. The molecule has 3 nitrogen and oxygen atoms in total. The lowest BCUT2D eigenvalue weighted by Crippen LogP contribution is -2.52. The topological polar surface area (TPSA) is 29.5 Å². The lowest BCUT2D eigenvalue weighted by molar-refractivity contribution is 0.0509. The quantitative estimate of drug-likeness (QED) is 0.383. The van der Waals surface area contributed by atoms with Crippen molar-refractivity contribution in [2.24, 2.45) is 0 Å². The lowest BCUT2D eigenvalue weighted by Gasteiger charge is -2.44. The second-order valence-electron chi connectivity index (χ2n) is 9.80. The highest BCUT2D eigenvalue weighted by molar-refractivity contribution is 5.79. The van der Waals surface area contributed by atoms with E-state index in [1.165, 1.54) is 34.4 Å². The van der Waals surface area contributed by atoms with E-state index in [1.807, 2.05) is 29.2 Å². The Labute approximate surface area is 204 Å². The average molecular weight is 472 g/mol. The summed E-state index contributed by atoms with van der Waals surface area (Å²) in [5, 5.41) is 0. The van der Waals surface area contributed by atoms with Gasteiger partial charge in [-0.1, -0.05) is 60.2 Å². The molecular formula is C30H27F2NO2. The molecule has 1 aliphatic carbocycles. The molecule has 0 saturated carbocycles. The molecule has 3 aromatic carbocycles. The third kappa shape index (κ3) is 4.03. The molecule has 2 aliphatic heterocycles. The number of hydrogen-bond donors (Lipinski definition) is 0. The summed E-state index contributed by atoms with van der Waals surface area (Å²) in [6, 6.07) is 20.2. The van der Waals surface area contributed by atoms with Crippen LogP contribution in [0, 0.1) is 11.6 Å². The first kappa shape index (κ1) is 22.0. The van der Waals surface area contributed by atoms with Crippen molar-refractivity contribution in [3.8, 4) is 11.1 Å². The van der Waals surface area contributed by atoms with Crippen LogP contribution in [-0.2, 0) is 11.2 Å². The number of ether oxygens (including phenoxy) is 1. The Bertz CT molecular complexity index is 1270. The van der Waals surface area contributed by atoms with Crippen molar-refractivity contribution < 1.29 is 18.3 Å². The zero-order valence-corrected chi connectivity index (χ0v) is 19.4. The van der Waals surface area contributed by atoms with E-state index in [4.69, 9.17) is 4.74 Å². The molecule has 3 aromatic rings. The van der Waals surface area contributed by atoms with E-state index < -0.39 is 11.6 Å². The Morgan fingerprint density at radius 3 is 2.37 bits per heavy atom. The van der Waals surface area contributed by atoms with E-state index in [2.05, 4.69) is 30.3 Å². The Morgan fingerprint density at radius 1 is 0.943 bits per heavy atom. The molecule has 2 heterocycles. The summed E-state index contributed by atoms with van der Waals surface area (Å²) in [6.45, 7) is 0.299. The molecule has 1 fully saturated rings. The summed E-state index contributed by atoms with van der Waals surface area (Å²) >= 11 is 0. The number of amides is 1. The third-order valence-electron chi connectivity index (χ3n) is 7.69. The van der Waals surface area contributed by atoms with Crippen molar-refractivity contribution in [3.05, 3.63) is 107 Å². The highest BCUT2D eigenvalue weighted by atomic mass is 19.1. The summed E-state index contributed by atoms with van der Waals surface area (Å²) in [5.74, 6) is -0.798. The molecule has 2 atom stereocenters. The molecule has 3 aliphatic rings. The highest BCUT2D eigenvalue weighted by Crippen LogP contribution is 2.45. The summed E-state index contributed by atoms with van der Waals surface area (Å²) in [4.78, 5) is 15.2. The maximum atomic E-state index is 14.2. The van der Waals surface area contributed by atoms with Gasteiger partial charge in [-0.3, -0.25) is 4.90 Å². The Balaban J connectivity index is 1.19. The first-order chi connectivity index (χ1) is 17.1. The third-order valence-corrected chi connectivity index (χ3v) is 7.69. The maximum absolute atomic E-state index is 14.2. The molecule has 178 valence electrons. The number of benzene rings is 3. The zero-order chi connectivity index (χ0) is 23.9. The van der Waals surface area contributed by atoms with E-state index in [9.17, 15) is 13.6 Å². The number of halogens is 2. The average Bonchev–Trinajstić information content (AvgIpc) is 3.18. The van der Waals surface area contributed by atoms with Crippen molar-refractivity contribution in [3.63, 3.8) is 0 Å². The van der Waals surface area contributed by atoms with Gasteiger partial charge < -0.3 is 4.74 Å². The second kappa shape index (κ2) is 8.95. The Kier molecular flexibility index (Phi) is 5.63. The number of carbonyl (C=O) groups is 1. The molecule has 6 rings (SSSR count). The number of fused-ring (bicyclic) bond motifs is 5. The maximum Gasteiger partial charge on any atom is 0.410 e. The van der Waals surface area contributed by atoms with Gasteiger partial charge in [-0.05, 0) is 78.1 Å². The minimum atomic E-state index is -0.432. The molecule has 2 bridgehead atoms. The molecule has 0 N–H and O–H groups in total. The monoisotopic (exact) mass is 471 g/mol. The molecule has 1 saturated heterocycles. The normalized spacial score (nSPS) is 20.7. The fraction of sp³-hybridized carbons (Fsp3) is 0.300. The first-order valence-corrected chi connectivity index (χ1v) is 12.4. The second-order valence-corrected chi connectivity index (χ2v) is 9.80. The van der Waals surface area contributed by atoms with Gasteiger partial charge in [-0.2, -0.15) is 0 Å². The van der Waals surface area contributed by atoms with Gasteiger partial charge in [0, 0.05) is 12.0 Å². The summed E-state index contributed by atoms with van der Waals surface area (Å²) < 4.78 is 33.8. The minimum Gasteiger partial charge on any atom is -0.448 e. The van der Waals surface area contributed by atoms with Crippen LogP contribution in [0.1, 0.15) is 48.3 Å². The predicted octanol–water partition coefficient (Wildman–Crippen LogP) is 7.01. The molecule has 2 unspecified atom stereocenters. The van der Waals surface area contributed by atoms with Crippen molar-refractivity contribution in [2.45, 2.75) is 50.1 Å². The zero-order valence-electron chi connectivity index (χ0n) is 19.4. The van der Waals surface area contributed by atoms with E-state index in [-0.39, 0.29) is 24.1 Å². The molecule has 0 spiro atoms. The van der Waals surface area contributed by atoms with Gasteiger partial charge in [0.05, 0.1) is 6.04 Å². The van der Waals surface area contributed by atoms with Crippen LogP contribution in [0.25, 0.3) is 11.1 Å². The Hall–Kier alpha value is -3.47. The molecule has 0 radical (unpaired) electrons. The number of piperidine rings is 1. The van der Waals surface area contributed by atoms with Crippen LogP contribution in [0.3, 0.4) is 0 Å². The van der Waals surface area contributed by atoms with E-state index >= 15 is 0 Å². The van der Waals surface area contributed by atoms with Crippen LogP contribution >= 0.6 is 0 Å². The van der Waals surface area contributed by atoms with Gasteiger partial charge in [-0.15, -0.1) is 0 Å². The van der Waals surface area contributed by atoms with Crippen LogP contribution in [0.2, 0.25) is 0 Å². The largest absolute Gasteiger partial charge is 0.448 e. The number of hydrogen-bond acceptors (Lipinski definition) is 2. The Morgan fingerprint density at radius 2 is 1.66 bits per heavy atom. The first-order valence-electron chi connectivity index (χ1n) is 12.4. The van der Waals surface area contributed by atoms with E-state index in [0.29, 0.717) is 25.0 Å². The number of nitrogens with zero attached hydrogens (tertiary/aromatic N) is 1. The van der Waals surface area contributed by atoms with Gasteiger partial charge in [0.15, 0.2) is 0 Å². The summed E-state index contributed by atoms with van der Waals surface area (Å²) in [7, 11) is 0. The van der Waals surface area contributed by atoms with Gasteiger partial charge in [-0.25, -0.2) is 13.6 Å². The lowest BCUT2D eigenvalue weighted by atomic mass is 9.83. The smallest absolute Gasteiger partial charge is 0.410 e. The fourth-order valence-electron chi connectivity index (χ4n) is 6.13. The van der Waals surface area contributed by atoms with Gasteiger partial charge in [0.2, 0.25) is 0 Å². The molecule has 1 amide bonds. The van der Waals surface area contributed by atoms with Gasteiger partial charge >= 0.3 is 6.09 Å². The van der Waals surface area contributed by atoms with Crippen molar-refractivity contribution in [1.82, 2.24) is 4.90 Å². The summed E-state index contributed by atoms with van der Waals surface area (Å²) in [5.41, 5.74) is 6.22. The predicted molar refractivity (Wildman–Crippen MR) is 131 cm³/mol. The van der Waals surface area contributed by atoms with Crippen LogP contribution in [0.5, 0.6) is 0 Å². The standard InChI is InChI=1S/C30H27F2NO2/c31-21-12-13-29(32)20(17-21)14-19-15-22-6-5-7-23(16-19)33(22)30(34)35-18-28-26-10-3-1-8-24(26)25-9-2-4-11-27(25)28/h1-4,8-13,15,17,22-23,28H,5-7,14,16,18H2. The fourth-order valence-corrected chi connectivity index (χ4v) is 6.13. The van der Waals surface area contributed by atoms with Crippen molar-refractivity contribution in [2.75, 3.05) is 6.61 Å². The van der Waals surface area contributed by atoms with E-state index in [0.717, 1.165) is 30.9 Å². The van der Waals surface area contributed by atoms with Crippen molar-refractivity contribution in [1.29, 1.82) is 0 Å². The van der Waals surface area contributed by atoms with Gasteiger partial charge in [0.25, 0.3) is 0 Å². The summed E-state index contributed by atoms with van der Waals surface area (Å²) in [6.07, 6.45) is 5.61. The molecular weight excluding hydrogens is 444 g/mol. The van der Waals surface area contributed by atoms with Crippen LogP contribution in [-0.4, -0.2) is 29.7 Å². The highest BCUT2D eigenvalue weighted by Gasteiger charge is 2.39. The van der Waals surface area contributed by atoms with Gasteiger partial charge in [0.1, 0.15) is 18.2 Å². The van der Waals surface area contributed by atoms with Crippen molar-refractivity contribution >= 4 is 6.09 Å². The number of rotatable bonds is 4. The molecule has 35 heavy (non-hydrogen) atoms. The van der Waals surface area contributed by atoms with Crippen LogP contribution in [0.4, 0.5) is 13.6 Å². The number of carbonyl (C=O) groups excluding carboxylic acids is 1. The van der Waals surface area contributed by atoms with E-state index in [1.54, 1.807) is 0 Å². The minimum absolute atomic E-state index is 0.0260. The molecule has 5 heteroatoms. The van der Waals surface area contributed by atoms with Crippen LogP contribution in [0.15, 0.2) is 78.4 Å². The van der Waals surface area contributed by atoms with Crippen LogP contribution < -0.4 is 0 Å². The SMILES string of the molecule is O=C(OCC1c2ccccc2-c2ccccc21)N1C2C=C(Cc3cc(F)ccc3F)CC1CCC2.